The van der Waals surface area contributed by atoms with Crippen molar-refractivity contribution in [3.63, 3.8) is 0 Å². The quantitative estimate of drug-likeness (QED) is 0.661. The molecule has 1 saturated heterocycles. The lowest BCUT2D eigenvalue weighted by Crippen LogP contribution is -2.41. The monoisotopic (exact) mass is 242 g/mol. The van der Waals surface area contributed by atoms with E-state index in [-0.39, 0.29) is 0 Å². The fourth-order valence-corrected chi connectivity index (χ4v) is 2.35. The summed E-state index contributed by atoms with van der Waals surface area (Å²) in [5.41, 5.74) is 0. The molecule has 1 rings (SSSR count). The van der Waals surface area contributed by atoms with Crippen molar-refractivity contribution in [2.24, 2.45) is 0 Å². The van der Waals surface area contributed by atoms with Gasteiger partial charge in [-0.3, -0.25) is 4.90 Å². The van der Waals surface area contributed by atoms with Crippen LogP contribution < -0.4 is 5.32 Å². The van der Waals surface area contributed by atoms with Crippen LogP contribution in [-0.4, -0.2) is 49.8 Å². The average molecular weight is 242 g/mol. The number of rotatable bonds is 8. The molecule has 0 aromatic heterocycles. The molecule has 1 N–H and O–H groups in total. The molecule has 0 saturated carbocycles. The van der Waals surface area contributed by atoms with E-state index in [1.807, 2.05) is 0 Å². The summed E-state index contributed by atoms with van der Waals surface area (Å²) in [5, 5.41) is 3.51. The van der Waals surface area contributed by atoms with E-state index >= 15 is 0 Å². The van der Waals surface area contributed by atoms with Gasteiger partial charge in [0.1, 0.15) is 0 Å². The van der Waals surface area contributed by atoms with Crippen LogP contribution >= 0.6 is 0 Å². The van der Waals surface area contributed by atoms with E-state index in [9.17, 15) is 0 Å². The molecule has 0 bridgehead atoms. The van der Waals surface area contributed by atoms with Crippen molar-refractivity contribution in [2.45, 2.75) is 58.6 Å². The van der Waals surface area contributed by atoms with E-state index in [4.69, 9.17) is 4.74 Å². The SMILES string of the molecule is CC(C)OCCCNCCN1CCCCC1C. The molecular formula is C14H30N2O. The van der Waals surface area contributed by atoms with Crippen LogP contribution in [0.2, 0.25) is 0 Å². The minimum absolute atomic E-state index is 0.365. The molecule has 0 aliphatic carbocycles. The zero-order chi connectivity index (χ0) is 12.5. The molecule has 0 aromatic carbocycles. The summed E-state index contributed by atoms with van der Waals surface area (Å²) >= 11 is 0. The molecule has 17 heavy (non-hydrogen) atoms. The fraction of sp³-hybridized carbons (Fsp3) is 1.00. The van der Waals surface area contributed by atoms with Gasteiger partial charge in [0.25, 0.3) is 0 Å². The third-order valence-corrected chi connectivity index (χ3v) is 3.47. The molecule has 1 atom stereocenters. The molecule has 3 heteroatoms. The lowest BCUT2D eigenvalue weighted by atomic mass is 10.0. The second kappa shape index (κ2) is 8.90. The lowest BCUT2D eigenvalue weighted by Gasteiger charge is -2.33. The highest BCUT2D eigenvalue weighted by atomic mass is 16.5. The Morgan fingerprint density at radius 1 is 1.29 bits per heavy atom. The van der Waals surface area contributed by atoms with Crippen LogP contribution in [-0.2, 0) is 4.74 Å². The first kappa shape index (κ1) is 14.9. The Morgan fingerprint density at radius 2 is 2.12 bits per heavy atom. The number of ether oxygens (including phenoxy) is 1. The van der Waals surface area contributed by atoms with Crippen LogP contribution in [0, 0.1) is 0 Å². The summed E-state index contributed by atoms with van der Waals surface area (Å²) < 4.78 is 5.51. The minimum Gasteiger partial charge on any atom is -0.379 e. The third-order valence-electron chi connectivity index (χ3n) is 3.47. The second-order valence-electron chi connectivity index (χ2n) is 5.40. The normalized spacial score (nSPS) is 22.2. The van der Waals surface area contributed by atoms with Gasteiger partial charge in [0.05, 0.1) is 6.10 Å². The van der Waals surface area contributed by atoms with Crippen LogP contribution in [0.4, 0.5) is 0 Å². The highest BCUT2D eigenvalue weighted by molar-refractivity contribution is 4.73. The van der Waals surface area contributed by atoms with E-state index in [2.05, 4.69) is 31.0 Å². The van der Waals surface area contributed by atoms with Crippen LogP contribution in [0.3, 0.4) is 0 Å². The summed E-state index contributed by atoms with van der Waals surface area (Å²) in [6.07, 6.45) is 5.66. The van der Waals surface area contributed by atoms with E-state index < -0.39 is 0 Å². The zero-order valence-electron chi connectivity index (χ0n) is 11.9. The van der Waals surface area contributed by atoms with Crippen LogP contribution in [0.15, 0.2) is 0 Å². The molecular weight excluding hydrogens is 212 g/mol. The van der Waals surface area contributed by atoms with Gasteiger partial charge in [0.15, 0.2) is 0 Å². The van der Waals surface area contributed by atoms with E-state index in [1.54, 1.807) is 0 Å². The van der Waals surface area contributed by atoms with E-state index in [1.165, 1.54) is 32.4 Å². The molecule has 3 nitrogen and oxygen atoms in total. The van der Waals surface area contributed by atoms with Gasteiger partial charge in [-0.2, -0.15) is 0 Å². The lowest BCUT2D eigenvalue weighted by molar-refractivity contribution is 0.0768. The van der Waals surface area contributed by atoms with Crippen molar-refractivity contribution < 1.29 is 4.74 Å². The smallest absolute Gasteiger partial charge is 0.0518 e. The van der Waals surface area contributed by atoms with Crippen molar-refractivity contribution in [3.8, 4) is 0 Å². The summed E-state index contributed by atoms with van der Waals surface area (Å²) in [5.74, 6) is 0. The Labute approximate surface area is 107 Å². The molecule has 102 valence electrons. The number of hydrogen-bond donors (Lipinski definition) is 1. The topological polar surface area (TPSA) is 24.5 Å². The van der Waals surface area contributed by atoms with Crippen molar-refractivity contribution in [1.29, 1.82) is 0 Å². The predicted molar refractivity (Wildman–Crippen MR) is 73.5 cm³/mol. The van der Waals surface area contributed by atoms with Gasteiger partial charge in [0, 0.05) is 25.7 Å². The summed E-state index contributed by atoms with van der Waals surface area (Å²) in [7, 11) is 0. The van der Waals surface area contributed by atoms with E-state index in [0.717, 1.165) is 32.2 Å². The van der Waals surface area contributed by atoms with Crippen LogP contribution in [0.25, 0.3) is 0 Å². The third kappa shape index (κ3) is 7.02. The Hall–Kier alpha value is -0.120. The van der Waals surface area contributed by atoms with Gasteiger partial charge in [-0.1, -0.05) is 6.42 Å². The molecule has 1 aliphatic heterocycles. The van der Waals surface area contributed by atoms with Gasteiger partial charge in [-0.15, -0.1) is 0 Å². The van der Waals surface area contributed by atoms with Crippen molar-refractivity contribution in [2.75, 3.05) is 32.8 Å². The second-order valence-corrected chi connectivity index (χ2v) is 5.40. The maximum Gasteiger partial charge on any atom is 0.0518 e. The molecule has 0 radical (unpaired) electrons. The van der Waals surface area contributed by atoms with Crippen LogP contribution in [0.1, 0.15) is 46.5 Å². The molecule has 1 unspecified atom stereocenters. The summed E-state index contributed by atoms with van der Waals surface area (Å²) in [6.45, 7) is 12.1. The fourth-order valence-electron chi connectivity index (χ4n) is 2.35. The van der Waals surface area contributed by atoms with Crippen LogP contribution in [0.5, 0.6) is 0 Å². The number of likely N-dealkylation sites (tertiary alicyclic amines) is 1. The Bertz CT molecular complexity index is 185. The average Bonchev–Trinajstić information content (AvgIpc) is 2.30. The maximum atomic E-state index is 5.51. The summed E-state index contributed by atoms with van der Waals surface area (Å²) in [4.78, 5) is 2.61. The standard InChI is InChI=1S/C14H30N2O/c1-13(2)17-12-6-8-15-9-11-16-10-5-4-7-14(16)3/h13-15H,4-12H2,1-3H3. The number of nitrogens with one attached hydrogen (secondary N) is 1. The molecule has 0 aromatic rings. The highest BCUT2D eigenvalue weighted by Crippen LogP contribution is 2.15. The number of hydrogen-bond acceptors (Lipinski definition) is 3. The predicted octanol–water partition coefficient (Wildman–Crippen LogP) is 2.27. The van der Waals surface area contributed by atoms with Crippen molar-refractivity contribution in [1.82, 2.24) is 10.2 Å². The molecule has 1 heterocycles. The molecule has 1 aliphatic rings. The zero-order valence-corrected chi connectivity index (χ0v) is 11.9. The first-order valence-electron chi connectivity index (χ1n) is 7.26. The van der Waals surface area contributed by atoms with Gasteiger partial charge < -0.3 is 10.1 Å². The summed E-state index contributed by atoms with van der Waals surface area (Å²) in [6, 6.07) is 0.787. The van der Waals surface area contributed by atoms with Crippen molar-refractivity contribution in [3.05, 3.63) is 0 Å². The molecule has 1 fully saturated rings. The molecule has 0 amide bonds. The van der Waals surface area contributed by atoms with Gasteiger partial charge in [-0.25, -0.2) is 0 Å². The first-order valence-corrected chi connectivity index (χ1v) is 7.26. The Balaban J connectivity index is 1.89. The van der Waals surface area contributed by atoms with Gasteiger partial charge in [0.2, 0.25) is 0 Å². The highest BCUT2D eigenvalue weighted by Gasteiger charge is 2.16. The van der Waals surface area contributed by atoms with Gasteiger partial charge in [-0.05, 0) is 53.1 Å². The molecule has 0 spiro atoms. The van der Waals surface area contributed by atoms with Gasteiger partial charge >= 0.3 is 0 Å². The van der Waals surface area contributed by atoms with Crippen molar-refractivity contribution >= 4 is 0 Å². The first-order chi connectivity index (χ1) is 8.20. The largest absolute Gasteiger partial charge is 0.379 e. The Morgan fingerprint density at radius 3 is 2.82 bits per heavy atom. The Kier molecular flexibility index (Phi) is 7.82. The maximum absolute atomic E-state index is 5.51. The van der Waals surface area contributed by atoms with E-state index in [0.29, 0.717) is 6.10 Å². The number of piperidine rings is 1. The minimum atomic E-state index is 0.365. The number of nitrogens with zero attached hydrogens (tertiary/aromatic N) is 1.